The van der Waals surface area contributed by atoms with Gasteiger partial charge in [0, 0.05) is 38.3 Å². The Labute approximate surface area is 213 Å². The van der Waals surface area contributed by atoms with Crippen LogP contribution in [0.2, 0.25) is 5.02 Å². The van der Waals surface area contributed by atoms with Crippen LogP contribution in [-0.2, 0) is 11.3 Å². The fourth-order valence-corrected chi connectivity index (χ4v) is 4.48. The van der Waals surface area contributed by atoms with Crippen molar-refractivity contribution in [2.75, 3.05) is 49.6 Å². The van der Waals surface area contributed by atoms with Gasteiger partial charge in [0.2, 0.25) is 11.9 Å². The number of nitrogens with zero attached hydrogens (tertiary/aromatic N) is 8. The van der Waals surface area contributed by atoms with E-state index in [1.54, 1.807) is 16.8 Å². The summed E-state index contributed by atoms with van der Waals surface area (Å²) in [5, 5.41) is 4.43. The van der Waals surface area contributed by atoms with Crippen LogP contribution >= 0.6 is 27.5 Å². The molecule has 1 aromatic carbocycles. The van der Waals surface area contributed by atoms with Crippen LogP contribution in [0.1, 0.15) is 5.82 Å². The normalized spacial score (nSPS) is 14.7. The Balaban J connectivity index is 1.59. The topological polar surface area (TPSA) is 98.5 Å². The van der Waals surface area contributed by atoms with Crippen LogP contribution in [0.3, 0.4) is 0 Å². The van der Waals surface area contributed by atoms with Crippen molar-refractivity contribution in [1.29, 1.82) is 0 Å². The fourth-order valence-electron chi connectivity index (χ4n) is 3.98. The number of piperazine rings is 1. The number of hydrogen-bond donors (Lipinski definition) is 1. The molecule has 1 aliphatic heterocycles. The van der Waals surface area contributed by atoms with Crippen molar-refractivity contribution < 1.29 is 9.18 Å². The van der Waals surface area contributed by atoms with E-state index in [0.717, 1.165) is 26.2 Å². The van der Waals surface area contributed by atoms with Crippen LogP contribution < -0.4 is 9.80 Å². The number of benzene rings is 1. The molecule has 0 amide bonds. The molecule has 1 fully saturated rings. The first-order chi connectivity index (χ1) is 16.8. The molecule has 1 N–H and O–H groups in total. The highest BCUT2D eigenvalue weighted by Crippen LogP contribution is 2.27. The lowest BCUT2D eigenvalue weighted by molar-refractivity contribution is -0.104. The van der Waals surface area contributed by atoms with Crippen LogP contribution in [-0.4, -0.2) is 80.5 Å². The number of carbonyl (C=O) groups excluding carboxylic acids is 1. The largest absolute Gasteiger partial charge is 0.340 e. The van der Waals surface area contributed by atoms with E-state index in [1.807, 2.05) is 4.90 Å². The molecule has 3 aromatic heterocycles. The predicted octanol–water partition coefficient (Wildman–Crippen LogP) is 3.07. The minimum absolute atomic E-state index is 0.00235. The van der Waals surface area contributed by atoms with Crippen LogP contribution in [0, 0.1) is 5.82 Å². The van der Waals surface area contributed by atoms with Crippen molar-refractivity contribution in [3.63, 3.8) is 0 Å². The van der Waals surface area contributed by atoms with E-state index in [-0.39, 0.29) is 23.6 Å². The molecule has 35 heavy (non-hydrogen) atoms. The van der Waals surface area contributed by atoms with Gasteiger partial charge in [0.1, 0.15) is 17.6 Å². The molecule has 0 aliphatic carbocycles. The average molecular weight is 563 g/mol. The highest BCUT2D eigenvalue weighted by atomic mass is 79.9. The van der Waals surface area contributed by atoms with Gasteiger partial charge in [0.15, 0.2) is 11.5 Å². The molecule has 0 bridgehead atoms. The Morgan fingerprint density at radius 1 is 1.29 bits per heavy atom. The second kappa shape index (κ2) is 9.51. The highest BCUT2D eigenvalue weighted by molar-refractivity contribution is 9.10. The van der Waals surface area contributed by atoms with Crippen molar-refractivity contribution in [1.82, 2.24) is 34.4 Å². The number of anilines is 2. The molecule has 10 nitrogen and oxygen atoms in total. The van der Waals surface area contributed by atoms with Gasteiger partial charge in [-0.2, -0.15) is 19.6 Å². The van der Waals surface area contributed by atoms with E-state index < -0.39 is 5.82 Å². The Morgan fingerprint density at radius 3 is 2.80 bits per heavy atom. The molecule has 0 radical (unpaired) electrons. The third-order valence-electron chi connectivity index (χ3n) is 5.86. The highest BCUT2D eigenvalue weighted by Gasteiger charge is 2.24. The monoisotopic (exact) mass is 561 g/mol. The summed E-state index contributed by atoms with van der Waals surface area (Å²) in [7, 11) is 2.08. The molecule has 4 aromatic rings. The van der Waals surface area contributed by atoms with Crippen LogP contribution in [0.4, 0.5) is 16.3 Å². The van der Waals surface area contributed by atoms with Crippen molar-refractivity contribution in [3.05, 3.63) is 51.6 Å². The molecule has 0 atom stereocenters. The number of H-pyrrole nitrogens is 1. The number of imidazole rings is 1. The summed E-state index contributed by atoms with van der Waals surface area (Å²) in [4.78, 5) is 34.7. The molecule has 0 saturated carbocycles. The first-order valence-corrected chi connectivity index (χ1v) is 12.1. The zero-order chi connectivity index (χ0) is 24.7. The van der Waals surface area contributed by atoms with Gasteiger partial charge in [-0.25, -0.2) is 9.37 Å². The summed E-state index contributed by atoms with van der Waals surface area (Å²) in [6.45, 7) is 7.53. The van der Waals surface area contributed by atoms with Crippen molar-refractivity contribution in [3.8, 4) is 0 Å². The second-order valence-corrected chi connectivity index (χ2v) is 9.68. The van der Waals surface area contributed by atoms with Crippen molar-refractivity contribution >= 4 is 62.4 Å². The van der Waals surface area contributed by atoms with Crippen LogP contribution in [0.15, 0.2) is 35.0 Å². The number of rotatable bonds is 7. The van der Waals surface area contributed by atoms with E-state index in [0.29, 0.717) is 45.2 Å². The Kier molecular flexibility index (Phi) is 6.43. The molecule has 5 rings (SSSR count). The Hall–Kier alpha value is -3.09. The first kappa shape index (κ1) is 23.6. The molecular formula is C22H22BrClFN9O. The standard InChI is InChI=1S/C22H22BrClFN9O/c1-13(12-35)10-33(11-17-27-16-4-3-15(24)18(25)19(16)28-17)22-30-21(32-7-5-31(2)6-8-32)29-20-14(23)9-26-34(20)22/h3-4,9,12H,1,5-8,10-11H2,2H3,(H,27,28). The summed E-state index contributed by atoms with van der Waals surface area (Å²) in [6.07, 6.45) is 2.34. The molecule has 182 valence electrons. The molecule has 0 unspecified atom stereocenters. The van der Waals surface area contributed by atoms with Crippen LogP contribution in [0.25, 0.3) is 16.7 Å². The maximum Gasteiger partial charge on any atom is 0.232 e. The molecule has 4 heterocycles. The molecule has 1 saturated heterocycles. The Bertz CT molecular complexity index is 1430. The van der Waals surface area contributed by atoms with E-state index in [1.165, 1.54) is 6.07 Å². The number of nitrogens with one attached hydrogen (secondary N) is 1. The molecular weight excluding hydrogens is 541 g/mol. The lowest BCUT2D eigenvalue weighted by atomic mass is 10.3. The van der Waals surface area contributed by atoms with Gasteiger partial charge in [-0.05, 0) is 35.1 Å². The van der Waals surface area contributed by atoms with Gasteiger partial charge >= 0.3 is 0 Å². The number of carbonyl (C=O) groups is 1. The quantitative estimate of drug-likeness (QED) is 0.271. The fraction of sp³-hybridized carbons (Fsp3) is 0.318. The Morgan fingerprint density at radius 2 is 2.06 bits per heavy atom. The SMILES string of the molecule is C=C(C=O)CN(Cc1nc2c(F)c(Cl)ccc2[nH]1)c1nc(N2CCN(C)CC2)nc2c(Br)cnn12. The second-order valence-electron chi connectivity index (χ2n) is 8.42. The smallest absolute Gasteiger partial charge is 0.232 e. The molecule has 13 heteroatoms. The van der Waals surface area contributed by atoms with Gasteiger partial charge in [-0.1, -0.05) is 18.2 Å². The number of fused-ring (bicyclic) bond motifs is 2. The minimum atomic E-state index is -0.590. The zero-order valence-corrected chi connectivity index (χ0v) is 21.2. The van der Waals surface area contributed by atoms with Gasteiger partial charge in [-0.15, -0.1) is 0 Å². The van der Waals surface area contributed by atoms with Crippen LogP contribution in [0.5, 0.6) is 0 Å². The summed E-state index contributed by atoms with van der Waals surface area (Å²) in [5.41, 5.74) is 1.60. The summed E-state index contributed by atoms with van der Waals surface area (Å²) >= 11 is 9.45. The summed E-state index contributed by atoms with van der Waals surface area (Å²) < 4.78 is 16.8. The van der Waals surface area contributed by atoms with Gasteiger partial charge < -0.3 is 19.7 Å². The third-order valence-corrected chi connectivity index (χ3v) is 6.71. The zero-order valence-electron chi connectivity index (χ0n) is 18.9. The number of likely N-dealkylation sites (N-methyl/N-ethyl adjacent to an activating group) is 1. The first-order valence-electron chi connectivity index (χ1n) is 10.9. The number of halogens is 3. The predicted molar refractivity (Wildman–Crippen MR) is 136 cm³/mol. The van der Waals surface area contributed by atoms with E-state index in [2.05, 4.69) is 54.4 Å². The lowest BCUT2D eigenvalue weighted by Gasteiger charge is -2.33. The van der Waals surface area contributed by atoms with Gasteiger partial charge in [0.25, 0.3) is 0 Å². The summed E-state index contributed by atoms with van der Waals surface area (Å²) in [5.74, 6) is 0.898. The van der Waals surface area contributed by atoms with Crippen molar-refractivity contribution in [2.45, 2.75) is 6.54 Å². The van der Waals surface area contributed by atoms with Gasteiger partial charge in [0.05, 0.1) is 27.8 Å². The molecule has 1 aliphatic rings. The van der Waals surface area contributed by atoms with E-state index >= 15 is 0 Å². The minimum Gasteiger partial charge on any atom is -0.340 e. The number of aromatic nitrogens is 6. The third kappa shape index (κ3) is 4.60. The number of hydrogen-bond acceptors (Lipinski definition) is 8. The number of aldehydes is 1. The summed E-state index contributed by atoms with van der Waals surface area (Å²) in [6, 6.07) is 3.15. The van der Waals surface area contributed by atoms with Crippen molar-refractivity contribution in [2.24, 2.45) is 0 Å². The maximum atomic E-state index is 14.5. The lowest BCUT2D eigenvalue weighted by Crippen LogP contribution is -2.45. The maximum absolute atomic E-state index is 14.5. The van der Waals surface area contributed by atoms with E-state index in [9.17, 15) is 9.18 Å². The van der Waals surface area contributed by atoms with E-state index in [4.69, 9.17) is 21.6 Å². The average Bonchev–Trinajstić information content (AvgIpc) is 3.44. The number of aromatic amines is 1. The van der Waals surface area contributed by atoms with Gasteiger partial charge in [-0.3, -0.25) is 4.79 Å². The molecule has 0 spiro atoms.